The molecule has 1 N–H and O–H groups in total. The fourth-order valence-electron chi connectivity index (χ4n) is 6.13. The maximum Gasteiger partial charge on any atom is 0.573 e. The second-order valence-corrected chi connectivity index (χ2v) is 13.3. The van der Waals surface area contributed by atoms with Gasteiger partial charge in [0.1, 0.15) is 17.1 Å². The van der Waals surface area contributed by atoms with Crippen LogP contribution < -0.4 is 15.0 Å². The third-order valence-corrected chi connectivity index (χ3v) is 9.95. The first kappa shape index (κ1) is 32.6. The zero-order valence-electron chi connectivity index (χ0n) is 25.2. The molecule has 2 aromatic rings. The van der Waals surface area contributed by atoms with E-state index in [-0.39, 0.29) is 49.3 Å². The smallest absolute Gasteiger partial charge is 0.406 e. The SMILES string of the molecule is CC(=O)N(c1cc(C)c(/C=C/S(=O)(=O)N2CCC3(CC2)N=C(c2cccc(OC(F)(F)F)c2)NC3=O)c(C)c1)C1CCOCC1. The second-order valence-electron chi connectivity index (χ2n) is 11.5. The van der Waals surface area contributed by atoms with Crippen LogP contribution in [0.4, 0.5) is 18.9 Å². The number of aryl methyl sites for hydroxylation is 2. The molecule has 2 fully saturated rings. The van der Waals surface area contributed by atoms with Gasteiger partial charge in [0, 0.05) is 55.9 Å². The van der Waals surface area contributed by atoms with Crippen LogP contribution >= 0.6 is 0 Å². The molecule has 5 rings (SSSR count). The first-order valence-electron chi connectivity index (χ1n) is 14.6. The van der Waals surface area contributed by atoms with E-state index in [4.69, 9.17) is 4.74 Å². The minimum absolute atomic E-state index is 0.0314. The molecule has 3 heterocycles. The highest BCUT2D eigenvalue weighted by molar-refractivity contribution is 7.92. The van der Waals surface area contributed by atoms with Gasteiger partial charge < -0.3 is 19.7 Å². The first-order chi connectivity index (χ1) is 21.2. The van der Waals surface area contributed by atoms with E-state index in [2.05, 4.69) is 15.0 Å². The summed E-state index contributed by atoms with van der Waals surface area (Å²) in [6, 6.07) is 8.96. The second kappa shape index (κ2) is 12.6. The van der Waals surface area contributed by atoms with Crippen molar-refractivity contribution in [2.24, 2.45) is 4.99 Å². The Morgan fingerprint density at radius 3 is 2.38 bits per heavy atom. The molecule has 2 aromatic carbocycles. The highest BCUT2D eigenvalue weighted by atomic mass is 32.2. The minimum Gasteiger partial charge on any atom is -0.406 e. The fourth-order valence-corrected chi connectivity index (χ4v) is 7.30. The highest BCUT2D eigenvalue weighted by Gasteiger charge is 2.47. The van der Waals surface area contributed by atoms with Gasteiger partial charge in [0.2, 0.25) is 15.9 Å². The van der Waals surface area contributed by atoms with Crippen molar-refractivity contribution in [3.63, 3.8) is 0 Å². The van der Waals surface area contributed by atoms with Gasteiger partial charge in [-0.05, 0) is 86.6 Å². The Morgan fingerprint density at radius 2 is 1.78 bits per heavy atom. The molecule has 2 amide bonds. The van der Waals surface area contributed by atoms with Gasteiger partial charge in [0.25, 0.3) is 5.91 Å². The number of rotatable bonds is 7. The normalized spacial score (nSPS) is 19.5. The van der Waals surface area contributed by atoms with Gasteiger partial charge in [-0.2, -0.15) is 4.31 Å². The number of halogens is 3. The summed E-state index contributed by atoms with van der Waals surface area (Å²) in [4.78, 5) is 31.8. The molecule has 45 heavy (non-hydrogen) atoms. The van der Waals surface area contributed by atoms with Gasteiger partial charge in [-0.25, -0.2) is 8.42 Å². The number of sulfonamides is 1. The monoisotopic (exact) mass is 648 g/mol. The van der Waals surface area contributed by atoms with Crippen molar-refractivity contribution >= 4 is 39.4 Å². The third kappa shape index (κ3) is 7.23. The Hall–Kier alpha value is -3.75. The topological polar surface area (TPSA) is 118 Å². The standard InChI is InChI=1S/C31H35F3N4O6S/c1-20-17-25(38(22(3)39)24-7-14-43-15-8-24)18-21(2)27(20)9-16-45(41,42)37-12-10-30(11-13-37)29(40)35-28(36-30)23-5-4-6-26(19-23)44-31(32,33)34/h4-6,9,16-19,24H,7-8,10-15H2,1-3H3,(H,35,36,40)/b16-9+. The van der Waals surface area contributed by atoms with Crippen molar-refractivity contribution in [1.82, 2.24) is 9.62 Å². The summed E-state index contributed by atoms with van der Waals surface area (Å²) in [6.45, 7) is 6.53. The molecule has 0 atom stereocenters. The Balaban J connectivity index is 1.28. The van der Waals surface area contributed by atoms with Gasteiger partial charge in [-0.1, -0.05) is 12.1 Å². The van der Waals surface area contributed by atoms with Crippen LogP contribution in [-0.4, -0.2) is 74.6 Å². The predicted octanol–water partition coefficient (Wildman–Crippen LogP) is 4.45. The van der Waals surface area contributed by atoms with Crippen LogP contribution in [0.1, 0.15) is 54.9 Å². The van der Waals surface area contributed by atoms with Gasteiger partial charge in [0.05, 0.1) is 0 Å². The summed E-state index contributed by atoms with van der Waals surface area (Å²) in [5.41, 5.74) is 2.16. The third-order valence-electron chi connectivity index (χ3n) is 8.39. The molecule has 14 heteroatoms. The molecule has 0 saturated carbocycles. The number of anilines is 1. The molecule has 10 nitrogen and oxygen atoms in total. The molecule has 0 unspecified atom stereocenters. The summed E-state index contributed by atoms with van der Waals surface area (Å²) < 4.78 is 75.3. The molecule has 3 aliphatic rings. The molecule has 0 aliphatic carbocycles. The van der Waals surface area contributed by atoms with Gasteiger partial charge in [-0.15, -0.1) is 13.2 Å². The number of hydrogen-bond acceptors (Lipinski definition) is 7. The number of amidine groups is 1. The lowest BCUT2D eigenvalue weighted by atomic mass is 9.89. The van der Waals surface area contributed by atoms with Crippen molar-refractivity contribution in [3.05, 3.63) is 64.1 Å². The van der Waals surface area contributed by atoms with Crippen LogP contribution in [0.25, 0.3) is 6.08 Å². The van der Waals surface area contributed by atoms with Crippen LogP contribution in [0.15, 0.2) is 46.8 Å². The minimum atomic E-state index is -4.87. The van der Waals surface area contributed by atoms with Crippen LogP contribution in [-0.2, 0) is 24.3 Å². The molecule has 242 valence electrons. The van der Waals surface area contributed by atoms with Gasteiger partial charge in [0.15, 0.2) is 0 Å². The van der Waals surface area contributed by atoms with E-state index >= 15 is 0 Å². The summed E-state index contributed by atoms with van der Waals surface area (Å²) in [5, 5.41) is 3.78. The number of hydrogen-bond donors (Lipinski definition) is 1. The first-order valence-corrected chi connectivity index (χ1v) is 16.1. The average molecular weight is 649 g/mol. The molecule has 3 aliphatic heterocycles. The number of nitrogens with one attached hydrogen (secondary N) is 1. The van der Waals surface area contributed by atoms with Crippen LogP contribution in [0.3, 0.4) is 0 Å². The summed E-state index contributed by atoms with van der Waals surface area (Å²) in [6.07, 6.45) is -1.62. The van der Waals surface area contributed by atoms with E-state index in [0.29, 0.717) is 13.2 Å². The van der Waals surface area contributed by atoms with E-state index in [1.807, 2.05) is 26.0 Å². The summed E-state index contributed by atoms with van der Waals surface area (Å²) in [5.74, 6) is -0.829. The largest absolute Gasteiger partial charge is 0.573 e. The molecule has 0 bridgehead atoms. The number of benzene rings is 2. The fraction of sp³-hybridized carbons (Fsp3) is 0.452. The lowest BCUT2D eigenvalue weighted by molar-refractivity contribution is -0.274. The predicted molar refractivity (Wildman–Crippen MR) is 162 cm³/mol. The lowest BCUT2D eigenvalue weighted by Crippen LogP contribution is -2.50. The maximum absolute atomic E-state index is 13.3. The van der Waals surface area contributed by atoms with Crippen LogP contribution in [0, 0.1) is 13.8 Å². The van der Waals surface area contributed by atoms with E-state index in [0.717, 1.165) is 52.8 Å². The van der Waals surface area contributed by atoms with Crippen molar-refractivity contribution in [3.8, 4) is 5.75 Å². The number of nitrogens with zero attached hydrogens (tertiary/aromatic N) is 3. The number of amides is 2. The molecular formula is C31H35F3N4O6S. The molecular weight excluding hydrogens is 613 g/mol. The summed E-state index contributed by atoms with van der Waals surface area (Å²) >= 11 is 0. The summed E-state index contributed by atoms with van der Waals surface area (Å²) in [7, 11) is -3.85. The van der Waals surface area contributed by atoms with Gasteiger partial charge >= 0.3 is 6.36 Å². The quantitative estimate of drug-likeness (QED) is 0.475. The molecule has 2 saturated heterocycles. The van der Waals surface area contributed by atoms with Crippen molar-refractivity contribution in [2.45, 2.75) is 64.4 Å². The van der Waals surface area contributed by atoms with E-state index in [9.17, 15) is 31.2 Å². The Bertz CT molecular complexity index is 1620. The zero-order valence-corrected chi connectivity index (χ0v) is 26.0. The Morgan fingerprint density at radius 1 is 1.13 bits per heavy atom. The Kier molecular flexibility index (Phi) is 9.11. The van der Waals surface area contributed by atoms with Crippen LogP contribution in [0.2, 0.25) is 0 Å². The average Bonchev–Trinajstić information content (AvgIpc) is 3.27. The van der Waals surface area contributed by atoms with Gasteiger partial charge in [-0.3, -0.25) is 14.6 Å². The number of piperidine rings is 1. The van der Waals surface area contributed by atoms with Crippen molar-refractivity contribution in [1.29, 1.82) is 0 Å². The van der Waals surface area contributed by atoms with E-state index < -0.39 is 33.6 Å². The van der Waals surface area contributed by atoms with E-state index in [1.54, 1.807) is 11.0 Å². The number of carbonyl (C=O) groups is 2. The molecule has 0 aromatic heterocycles. The van der Waals surface area contributed by atoms with Crippen molar-refractivity contribution < 1.29 is 40.7 Å². The molecule has 1 spiro atoms. The number of carbonyl (C=O) groups excluding carboxylic acids is 2. The van der Waals surface area contributed by atoms with Crippen molar-refractivity contribution in [2.75, 3.05) is 31.2 Å². The highest BCUT2D eigenvalue weighted by Crippen LogP contribution is 2.34. The molecule has 0 radical (unpaired) electrons. The number of alkyl halides is 3. The lowest BCUT2D eigenvalue weighted by Gasteiger charge is -2.34. The number of aliphatic imine (C=N–C) groups is 1. The number of ether oxygens (including phenoxy) is 2. The van der Waals surface area contributed by atoms with Crippen LogP contribution in [0.5, 0.6) is 5.75 Å². The Labute approximate surface area is 259 Å². The zero-order chi connectivity index (χ0) is 32.6. The van der Waals surface area contributed by atoms with E-state index in [1.165, 1.54) is 23.4 Å². The maximum atomic E-state index is 13.3.